The zero-order valence-corrected chi connectivity index (χ0v) is 11.4. The number of pyridine rings is 1. The fourth-order valence-corrected chi connectivity index (χ4v) is 2.23. The minimum atomic E-state index is 0.722. The van der Waals surface area contributed by atoms with Gasteiger partial charge in [-0.1, -0.05) is 11.8 Å². The molecular weight excluding hydrogens is 260 g/mol. The Hall–Kier alpha value is -2.08. The van der Waals surface area contributed by atoms with Gasteiger partial charge < -0.3 is 4.74 Å². The van der Waals surface area contributed by atoms with Gasteiger partial charge in [-0.15, -0.1) is 5.10 Å². The number of rotatable bonds is 3. The molecule has 0 bridgehead atoms. The lowest BCUT2D eigenvalue weighted by Crippen LogP contribution is -1.99. The van der Waals surface area contributed by atoms with Gasteiger partial charge >= 0.3 is 0 Å². The van der Waals surface area contributed by atoms with Crippen LogP contribution in [0.2, 0.25) is 0 Å². The summed E-state index contributed by atoms with van der Waals surface area (Å²) in [7, 11) is 1.64. The lowest BCUT2D eigenvalue weighted by molar-refractivity contribution is 0.414. The van der Waals surface area contributed by atoms with Crippen molar-refractivity contribution in [3.05, 3.63) is 36.7 Å². The topological polar surface area (TPSA) is 52.3 Å². The quantitative estimate of drug-likeness (QED) is 0.686. The molecule has 0 aliphatic rings. The van der Waals surface area contributed by atoms with Crippen molar-refractivity contribution >= 4 is 17.3 Å². The minimum absolute atomic E-state index is 0.722. The maximum atomic E-state index is 5.35. The van der Waals surface area contributed by atoms with Crippen LogP contribution in [0.3, 0.4) is 0 Å². The van der Waals surface area contributed by atoms with E-state index in [1.165, 1.54) is 11.8 Å². The second-order valence-corrected chi connectivity index (χ2v) is 4.63. The molecule has 0 aliphatic carbocycles. The Balaban J connectivity index is 2.24. The van der Waals surface area contributed by atoms with Crippen molar-refractivity contribution in [3.63, 3.8) is 0 Å². The second kappa shape index (κ2) is 4.89. The first-order valence-electron chi connectivity index (χ1n) is 5.71. The lowest BCUT2D eigenvalue weighted by Gasteiger charge is -2.07. The highest BCUT2D eigenvalue weighted by Crippen LogP contribution is 2.28. The summed E-state index contributed by atoms with van der Waals surface area (Å²) >= 11 is 1.51. The smallest absolute Gasteiger partial charge is 0.207 e. The third kappa shape index (κ3) is 2.04. The number of fused-ring (bicyclic) bond motifs is 1. The van der Waals surface area contributed by atoms with E-state index < -0.39 is 0 Å². The maximum Gasteiger partial charge on any atom is 0.207 e. The molecule has 3 aromatic heterocycles. The number of methoxy groups -OCH3 is 1. The molecule has 5 nitrogen and oxygen atoms in total. The van der Waals surface area contributed by atoms with Crippen molar-refractivity contribution < 1.29 is 4.74 Å². The Kier molecular flexibility index (Phi) is 3.08. The Bertz CT molecular complexity index is 725. The summed E-state index contributed by atoms with van der Waals surface area (Å²) in [5.74, 6) is 0.729. The second-order valence-electron chi connectivity index (χ2n) is 3.85. The van der Waals surface area contributed by atoms with Crippen molar-refractivity contribution in [2.24, 2.45) is 0 Å². The van der Waals surface area contributed by atoms with Gasteiger partial charge in [0.2, 0.25) is 5.16 Å². The van der Waals surface area contributed by atoms with Crippen LogP contribution in [0, 0.1) is 0 Å². The van der Waals surface area contributed by atoms with Crippen molar-refractivity contribution in [3.8, 4) is 17.1 Å². The highest BCUT2D eigenvalue weighted by Gasteiger charge is 2.12. The van der Waals surface area contributed by atoms with E-state index in [9.17, 15) is 0 Å². The summed E-state index contributed by atoms with van der Waals surface area (Å²) < 4.78 is 7.19. The van der Waals surface area contributed by atoms with Gasteiger partial charge in [-0.2, -0.15) is 0 Å². The third-order valence-corrected chi connectivity index (χ3v) is 3.35. The van der Waals surface area contributed by atoms with Crippen molar-refractivity contribution in [2.75, 3.05) is 13.4 Å². The molecule has 0 N–H and O–H groups in total. The van der Waals surface area contributed by atoms with E-state index >= 15 is 0 Å². The summed E-state index contributed by atoms with van der Waals surface area (Å²) in [4.78, 5) is 8.64. The van der Waals surface area contributed by atoms with Crippen LogP contribution < -0.4 is 4.74 Å². The molecule has 0 spiro atoms. The number of hydrogen-bond acceptors (Lipinski definition) is 5. The molecule has 3 aromatic rings. The third-order valence-electron chi connectivity index (χ3n) is 2.79. The number of nitrogens with zero attached hydrogens (tertiary/aromatic N) is 4. The standard InChI is InChI=1S/C13H12N4OS/c1-18-11-4-3-7-14-12(11)10-6-5-9-8-15-13(19-2)16-17(9)10/h3-8H,1-2H3. The van der Waals surface area contributed by atoms with Gasteiger partial charge in [-0.3, -0.25) is 4.98 Å². The van der Waals surface area contributed by atoms with E-state index in [0.717, 1.165) is 27.8 Å². The molecule has 0 saturated heterocycles. The molecule has 0 radical (unpaired) electrons. The Morgan fingerprint density at radius 1 is 1.21 bits per heavy atom. The Labute approximate surface area is 114 Å². The van der Waals surface area contributed by atoms with Crippen molar-refractivity contribution in [1.82, 2.24) is 19.6 Å². The van der Waals surface area contributed by atoms with Crippen LogP contribution in [0.25, 0.3) is 16.9 Å². The summed E-state index contributed by atoms with van der Waals surface area (Å²) in [6.45, 7) is 0. The Morgan fingerprint density at radius 2 is 2.11 bits per heavy atom. The summed E-state index contributed by atoms with van der Waals surface area (Å²) in [6, 6.07) is 7.67. The number of hydrogen-bond donors (Lipinski definition) is 0. The molecule has 6 heteroatoms. The van der Waals surface area contributed by atoms with Crippen LogP contribution >= 0.6 is 11.8 Å². The zero-order chi connectivity index (χ0) is 13.2. The molecule has 0 atom stereocenters. The van der Waals surface area contributed by atoms with Crippen molar-refractivity contribution in [1.29, 1.82) is 0 Å². The van der Waals surface area contributed by atoms with Crippen LogP contribution in [-0.2, 0) is 0 Å². The molecule has 0 amide bonds. The average Bonchev–Trinajstić information content (AvgIpc) is 2.89. The predicted octanol–water partition coefficient (Wildman–Crippen LogP) is 2.52. The first kappa shape index (κ1) is 12.0. The van der Waals surface area contributed by atoms with Gasteiger partial charge in [-0.25, -0.2) is 9.50 Å². The minimum Gasteiger partial charge on any atom is -0.494 e. The number of aromatic nitrogens is 4. The molecule has 3 rings (SSSR count). The van der Waals surface area contributed by atoms with Gasteiger partial charge in [0.1, 0.15) is 11.4 Å². The molecule has 0 fully saturated rings. The van der Waals surface area contributed by atoms with E-state index in [-0.39, 0.29) is 0 Å². The molecule has 0 aromatic carbocycles. The molecule has 19 heavy (non-hydrogen) atoms. The summed E-state index contributed by atoms with van der Waals surface area (Å²) in [5, 5.41) is 5.20. The van der Waals surface area contributed by atoms with Crippen LogP contribution in [0.4, 0.5) is 0 Å². The molecule has 96 valence electrons. The van der Waals surface area contributed by atoms with Crippen LogP contribution in [-0.4, -0.2) is 32.9 Å². The van der Waals surface area contributed by atoms with Crippen molar-refractivity contribution in [2.45, 2.75) is 5.16 Å². The molecule has 3 heterocycles. The monoisotopic (exact) mass is 272 g/mol. The highest BCUT2D eigenvalue weighted by atomic mass is 32.2. The number of thioether (sulfide) groups is 1. The van der Waals surface area contributed by atoms with E-state index in [4.69, 9.17) is 4.74 Å². The van der Waals surface area contributed by atoms with Crippen LogP contribution in [0.1, 0.15) is 0 Å². The molecular formula is C13H12N4OS. The van der Waals surface area contributed by atoms with Gasteiger partial charge in [-0.05, 0) is 30.5 Å². The maximum absolute atomic E-state index is 5.35. The summed E-state index contributed by atoms with van der Waals surface area (Å²) in [5.41, 5.74) is 2.60. The van der Waals surface area contributed by atoms with Crippen LogP contribution in [0.5, 0.6) is 5.75 Å². The van der Waals surface area contributed by atoms with E-state index in [0.29, 0.717) is 0 Å². The molecule has 0 saturated carbocycles. The lowest BCUT2D eigenvalue weighted by atomic mass is 10.2. The zero-order valence-electron chi connectivity index (χ0n) is 10.6. The van der Waals surface area contributed by atoms with Gasteiger partial charge in [0.25, 0.3) is 0 Å². The number of ether oxygens (including phenoxy) is 1. The van der Waals surface area contributed by atoms with Gasteiger partial charge in [0.05, 0.1) is 24.5 Å². The highest BCUT2D eigenvalue weighted by molar-refractivity contribution is 7.98. The Morgan fingerprint density at radius 3 is 2.89 bits per heavy atom. The van der Waals surface area contributed by atoms with E-state index in [1.54, 1.807) is 19.5 Å². The molecule has 0 unspecified atom stereocenters. The normalized spacial score (nSPS) is 10.8. The predicted molar refractivity (Wildman–Crippen MR) is 74.6 cm³/mol. The van der Waals surface area contributed by atoms with Gasteiger partial charge in [0, 0.05) is 6.20 Å². The van der Waals surface area contributed by atoms with Crippen LogP contribution in [0.15, 0.2) is 41.8 Å². The fraction of sp³-hybridized carbons (Fsp3) is 0.154. The SMILES string of the molecule is COc1cccnc1-c1ccc2cnc(SC)nn12. The first-order valence-corrected chi connectivity index (χ1v) is 6.94. The van der Waals surface area contributed by atoms with E-state index in [2.05, 4.69) is 15.1 Å². The average molecular weight is 272 g/mol. The molecule has 0 aliphatic heterocycles. The summed E-state index contributed by atoms with van der Waals surface area (Å²) in [6.07, 6.45) is 5.50. The fourth-order valence-electron chi connectivity index (χ4n) is 1.91. The largest absolute Gasteiger partial charge is 0.494 e. The van der Waals surface area contributed by atoms with E-state index in [1.807, 2.05) is 35.0 Å². The first-order chi connectivity index (χ1) is 9.33. The van der Waals surface area contributed by atoms with Gasteiger partial charge in [0.15, 0.2) is 0 Å².